The molecule has 0 rings (SSSR count). The Morgan fingerprint density at radius 3 is 2.50 bits per heavy atom. The Kier molecular flexibility index (Phi) is 5.84. The highest BCUT2D eigenvalue weighted by Gasteiger charge is 2.10. The maximum absolute atomic E-state index is 11.0. The summed E-state index contributed by atoms with van der Waals surface area (Å²) < 4.78 is 0. The van der Waals surface area contributed by atoms with Crippen molar-refractivity contribution in [3.63, 3.8) is 0 Å². The number of rotatable bonds is 5. The lowest BCUT2D eigenvalue weighted by Crippen LogP contribution is -2.17. The van der Waals surface area contributed by atoms with E-state index in [9.17, 15) is 4.79 Å². The molecule has 0 atom stereocenters. The second kappa shape index (κ2) is 6.08. The van der Waals surface area contributed by atoms with Crippen LogP contribution in [0.4, 0.5) is 0 Å². The van der Waals surface area contributed by atoms with Gasteiger partial charge in [0.1, 0.15) is 0 Å². The van der Waals surface area contributed by atoms with Gasteiger partial charge in [-0.2, -0.15) is 4.89 Å². The van der Waals surface area contributed by atoms with Gasteiger partial charge in [0, 0.05) is 6.42 Å². The van der Waals surface area contributed by atoms with E-state index in [1.54, 1.807) is 13.8 Å². The lowest BCUT2D eigenvalue weighted by molar-refractivity contribution is -0.247. The Morgan fingerprint density at radius 1 is 1.50 bits per heavy atom. The van der Waals surface area contributed by atoms with Gasteiger partial charge in [-0.15, -0.1) is 0 Å². The largest absolute Gasteiger partial charge is 0.321 e. The summed E-state index contributed by atoms with van der Waals surface area (Å²) in [5.41, 5.74) is 0. The van der Waals surface area contributed by atoms with E-state index >= 15 is 0 Å². The van der Waals surface area contributed by atoms with Crippen molar-refractivity contribution in [1.29, 1.82) is 0 Å². The van der Waals surface area contributed by atoms with Gasteiger partial charge in [0.05, 0.1) is 6.10 Å². The average molecular weight is 190 g/mol. The summed E-state index contributed by atoms with van der Waals surface area (Å²) in [5.74, 6) is -0.173. The quantitative estimate of drug-likeness (QED) is 0.377. The van der Waals surface area contributed by atoms with Crippen LogP contribution in [0, 0.1) is 0 Å². The number of hydrogen-bond acceptors (Lipinski definition) is 4. The highest BCUT2D eigenvalue weighted by molar-refractivity contribution is 7.81. The monoisotopic (exact) mass is 190 g/mol. The predicted molar refractivity (Wildman–Crippen MR) is 49.8 cm³/mol. The van der Waals surface area contributed by atoms with Crippen molar-refractivity contribution < 1.29 is 14.6 Å². The van der Waals surface area contributed by atoms with E-state index in [-0.39, 0.29) is 16.9 Å². The van der Waals surface area contributed by atoms with Crippen LogP contribution in [0.1, 0.15) is 33.6 Å². The topological polar surface area (TPSA) is 35.5 Å². The van der Waals surface area contributed by atoms with Crippen LogP contribution in [0.2, 0.25) is 0 Å². The van der Waals surface area contributed by atoms with Gasteiger partial charge in [-0.05, 0) is 32.5 Å². The first kappa shape index (κ1) is 11.5. The summed E-state index contributed by atoms with van der Waals surface area (Å²) >= 11 is 4.66. The number of hydrogen-bond donors (Lipinski definition) is 0. The van der Waals surface area contributed by atoms with Gasteiger partial charge in [-0.25, -0.2) is 0 Å². The fraction of sp³-hybridized carbons (Fsp3) is 0.750. The highest BCUT2D eigenvalue weighted by atomic mass is 32.1. The van der Waals surface area contributed by atoms with Crippen molar-refractivity contribution in [3.05, 3.63) is 0 Å². The van der Waals surface area contributed by atoms with Crippen molar-refractivity contribution in [1.82, 2.24) is 0 Å². The molecule has 0 fully saturated rings. The summed E-state index contributed by atoms with van der Waals surface area (Å²) in [6, 6.07) is 0. The van der Waals surface area contributed by atoms with Gasteiger partial charge in [-0.1, -0.05) is 6.92 Å². The van der Waals surface area contributed by atoms with Gasteiger partial charge in [0.25, 0.3) is 5.05 Å². The molecule has 0 aromatic heterocycles. The molecule has 0 radical (unpaired) electrons. The fourth-order valence-electron chi connectivity index (χ4n) is 0.516. The molecule has 0 unspecified atom stereocenters. The summed E-state index contributed by atoms with van der Waals surface area (Å²) in [6.45, 7) is 5.50. The maximum Gasteiger partial charge on any atom is 0.271 e. The van der Waals surface area contributed by atoms with Gasteiger partial charge in [-0.3, -0.25) is 4.79 Å². The number of ketones is 1. The number of Topliss-reactive ketones (excluding diaryl/α,β-unsaturated/α-hetero) is 1. The number of carbonyl (C=O) groups is 1. The minimum Gasteiger partial charge on any atom is -0.321 e. The first-order valence-corrected chi connectivity index (χ1v) is 4.39. The van der Waals surface area contributed by atoms with Crippen LogP contribution in [-0.4, -0.2) is 16.9 Å². The Morgan fingerprint density at radius 2 is 2.08 bits per heavy atom. The van der Waals surface area contributed by atoms with Crippen LogP contribution < -0.4 is 0 Å². The highest BCUT2D eigenvalue weighted by Crippen LogP contribution is 1.97. The zero-order valence-electron chi connectivity index (χ0n) is 7.62. The Bertz CT molecular complexity index is 166. The zero-order valence-corrected chi connectivity index (χ0v) is 8.44. The van der Waals surface area contributed by atoms with Crippen molar-refractivity contribution in [2.45, 2.75) is 39.7 Å². The summed E-state index contributed by atoms with van der Waals surface area (Å²) in [4.78, 5) is 20.3. The number of carbonyl (C=O) groups excluding carboxylic acids is 1. The second-order valence-corrected chi connectivity index (χ2v) is 3.06. The molecule has 12 heavy (non-hydrogen) atoms. The van der Waals surface area contributed by atoms with E-state index in [1.807, 2.05) is 6.92 Å². The van der Waals surface area contributed by atoms with Crippen molar-refractivity contribution >= 4 is 23.1 Å². The molecule has 0 saturated heterocycles. The van der Waals surface area contributed by atoms with E-state index in [0.29, 0.717) is 6.42 Å². The molecular formula is C8H14O3S. The first-order chi connectivity index (χ1) is 5.57. The molecule has 0 aromatic carbocycles. The fourth-order valence-corrected chi connectivity index (χ4v) is 0.657. The third-order valence-corrected chi connectivity index (χ3v) is 1.32. The molecule has 0 amide bonds. The van der Waals surface area contributed by atoms with E-state index < -0.39 is 0 Å². The second-order valence-electron chi connectivity index (χ2n) is 2.69. The minimum atomic E-state index is -0.173. The van der Waals surface area contributed by atoms with E-state index in [0.717, 1.165) is 6.42 Å². The third kappa shape index (κ3) is 5.21. The van der Waals surface area contributed by atoms with Gasteiger partial charge in [0.2, 0.25) is 5.78 Å². The lowest BCUT2D eigenvalue weighted by atomic mass is 10.2. The molecule has 0 aromatic rings. The normalized spacial score (nSPS) is 10.0. The molecule has 0 aliphatic rings. The van der Waals surface area contributed by atoms with Crippen LogP contribution in [0.25, 0.3) is 0 Å². The van der Waals surface area contributed by atoms with E-state index in [2.05, 4.69) is 17.1 Å². The van der Waals surface area contributed by atoms with Gasteiger partial charge >= 0.3 is 0 Å². The lowest BCUT2D eigenvalue weighted by Gasteiger charge is -2.06. The van der Waals surface area contributed by atoms with Crippen molar-refractivity contribution in [3.8, 4) is 0 Å². The minimum absolute atomic E-state index is 0.0782. The molecule has 4 heteroatoms. The molecule has 0 bridgehead atoms. The van der Waals surface area contributed by atoms with Crippen LogP contribution >= 0.6 is 12.2 Å². The van der Waals surface area contributed by atoms with E-state index in [1.165, 1.54) is 0 Å². The smallest absolute Gasteiger partial charge is 0.271 e. The molecule has 0 saturated carbocycles. The summed E-state index contributed by atoms with van der Waals surface area (Å²) in [6.07, 6.45) is 1.10. The zero-order chi connectivity index (χ0) is 9.56. The first-order valence-electron chi connectivity index (χ1n) is 3.98. The molecule has 0 aliphatic heterocycles. The van der Waals surface area contributed by atoms with E-state index in [4.69, 9.17) is 4.89 Å². The summed E-state index contributed by atoms with van der Waals surface area (Å²) in [7, 11) is 0. The molecule has 70 valence electrons. The van der Waals surface area contributed by atoms with Crippen LogP contribution in [0.3, 0.4) is 0 Å². The predicted octanol–water partition coefficient (Wildman–Crippen LogP) is 2.04. The number of thiocarbonyl (C=S) groups is 1. The molecule has 0 spiro atoms. The van der Waals surface area contributed by atoms with Crippen LogP contribution in [0.5, 0.6) is 0 Å². The van der Waals surface area contributed by atoms with Crippen LogP contribution in [0.15, 0.2) is 0 Å². The molecule has 0 N–H and O–H groups in total. The van der Waals surface area contributed by atoms with Gasteiger partial charge in [0.15, 0.2) is 0 Å². The third-order valence-electron chi connectivity index (χ3n) is 1.02. The Hall–Kier alpha value is -0.480. The standard InChI is InChI=1S/C8H14O3S/c1-4-5-7(9)8(12)11-10-6(2)3/h6H,4-5H2,1-3H3. The Labute approximate surface area is 78.0 Å². The maximum atomic E-state index is 11.0. The molecular weight excluding hydrogens is 176 g/mol. The van der Waals surface area contributed by atoms with Crippen LogP contribution in [-0.2, 0) is 14.6 Å². The van der Waals surface area contributed by atoms with Gasteiger partial charge < -0.3 is 4.89 Å². The SMILES string of the molecule is CCCC(=O)C(=S)OOC(C)C. The van der Waals surface area contributed by atoms with Crippen molar-refractivity contribution in [2.75, 3.05) is 0 Å². The Balaban J connectivity index is 3.65. The molecule has 0 aliphatic carbocycles. The molecule has 3 nitrogen and oxygen atoms in total. The van der Waals surface area contributed by atoms with Crippen molar-refractivity contribution in [2.24, 2.45) is 0 Å². The average Bonchev–Trinajstić information content (AvgIpc) is 2.00. The molecule has 0 heterocycles. The summed E-state index contributed by atoms with van der Waals surface area (Å²) in [5, 5.41) is -0.0782.